The molecule has 2 N–H and O–H groups in total. The third-order valence-corrected chi connectivity index (χ3v) is 6.82. The molecule has 5 rings (SSSR count). The molecule has 182 valence electrons. The molecule has 3 aromatic carbocycles. The first-order valence-electron chi connectivity index (χ1n) is 11.0. The maximum absolute atomic E-state index is 13.6. The highest BCUT2D eigenvalue weighted by molar-refractivity contribution is 9.10. The van der Waals surface area contributed by atoms with Crippen LogP contribution in [0.25, 0.3) is 0 Å². The summed E-state index contributed by atoms with van der Waals surface area (Å²) >= 11 is 16.0. The van der Waals surface area contributed by atoms with E-state index >= 15 is 0 Å². The molecule has 36 heavy (non-hydrogen) atoms. The zero-order chi connectivity index (χ0) is 25.2. The highest BCUT2D eigenvalue weighted by Gasteiger charge is 2.35. The Hall–Kier alpha value is -3.33. The summed E-state index contributed by atoms with van der Waals surface area (Å²) in [5, 5.41) is 11.7. The van der Waals surface area contributed by atoms with Crippen molar-refractivity contribution in [3.63, 3.8) is 0 Å². The van der Waals surface area contributed by atoms with Crippen molar-refractivity contribution < 1.29 is 9.53 Å². The number of carbonyl (C=O) groups excluding carboxylic acids is 1. The summed E-state index contributed by atoms with van der Waals surface area (Å²) in [4.78, 5) is 17.9. The molecular formula is C26H20BrCl2N5O2. The Morgan fingerprint density at radius 3 is 2.72 bits per heavy atom. The van der Waals surface area contributed by atoms with E-state index in [0.29, 0.717) is 38.7 Å². The number of halogens is 3. The van der Waals surface area contributed by atoms with Crippen LogP contribution in [-0.2, 0) is 11.4 Å². The summed E-state index contributed by atoms with van der Waals surface area (Å²) in [6, 6.07) is 19.6. The third-order valence-electron chi connectivity index (χ3n) is 5.74. The van der Waals surface area contributed by atoms with Crippen LogP contribution in [0.2, 0.25) is 10.0 Å². The highest BCUT2D eigenvalue weighted by Crippen LogP contribution is 2.40. The van der Waals surface area contributed by atoms with E-state index in [1.54, 1.807) is 16.8 Å². The molecule has 0 aliphatic carbocycles. The van der Waals surface area contributed by atoms with E-state index in [-0.39, 0.29) is 12.5 Å². The number of carbonyl (C=O) groups is 1. The molecule has 0 radical (unpaired) electrons. The number of para-hydroxylation sites is 1. The first-order valence-corrected chi connectivity index (χ1v) is 12.6. The van der Waals surface area contributed by atoms with Crippen LogP contribution in [0.1, 0.15) is 24.1 Å². The van der Waals surface area contributed by atoms with Crippen molar-refractivity contribution in [2.45, 2.75) is 19.6 Å². The summed E-state index contributed by atoms with van der Waals surface area (Å²) in [6.07, 6.45) is 1.45. The summed E-state index contributed by atoms with van der Waals surface area (Å²) in [5.74, 6) is 0.847. The van der Waals surface area contributed by atoms with Crippen LogP contribution in [-0.4, -0.2) is 20.7 Å². The predicted molar refractivity (Wildman–Crippen MR) is 144 cm³/mol. The number of fused-ring (bicyclic) bond motifs is 1. The zero-order valence-corrected chi connectivity index (χ0v) is 22.1. The Morgan fingerprint density at radius 1 is 1.14 bits per heavy atom. The lowest BCUT2D eigenvalue weighted by molar-refractivity contribution is -0.113. The minimum atomic E-state index is -0.597. The summed E-state index contributed by atoms with van der Waals surface area (Å²) in [6.45, 7) is 2.06. The second-order valence-corrected chi connectivity index (χ2v) is 9.88. The molecule has 1 amide bonds. The zero-order valence-electron chi connectivity index (χ0n) is 19.0. The average Bonchev–Trinajstić information content (AvgIpc) is 3.32. The van der Waals surface area contributed by atoms with Crippen LogP contribution in [0.15, 0.2) is 88.8 Å². The van der Waals surface area contributed by atoms with Crippen molar-refractivity contribution >= 4 is 56.7 Å². The fourth-order valence-corrected chi connectivity index (χ4v) is 4.89. The third kappa shape index (κ3) is 4.97. The van der Waals surface area contributed by atoms with Crippen LogP contribution in [0.4, 0.5) is 11.6 Å². The number of anilines is 2. The van der Waals surface area contributed by atoms with Crippen molar-refractivity contribution in [2.24, 2.45) is 0 Å². The van der Waals surface area contributed by atoms with E-state index < -0.39 is 6.04 Å². The lowest BCUT2D eigenvalue weighted by Gasteiger charge is -2.30. The fourth-order valence-electron chi connectivity index (χ4n) is 4.05. The number of rotatable bonds is 6. The summed E-state index contributed by atoms with van der Waals surface area (Å²) < 4.78 is 8.75. The first kappa shape index (κ1) is 24.4. The van der Waals surface area contributed by atoms with Gasteiger partial charge in [0.15, 0.2) is 0 Å². The van der Waals surface area contributed by atoms with Crippen LogP contribution in [0, 0.1) is 0 Å². The predicted octanol–water partition coefficient (Wildman–Crippen LogP) is 6.85. The average molecular weight is 585 g/mol. The number of aromatic nitrogens is 3. The molecule has 0 bridgehead atoms. The van der Waals surface area contributed by atoms with Crippen LogP contribution < -0.4 is 15.4 Å². The van der Waals surface area contributed by atoms with Crippen LogP contribution in [0.5, 0.6) is 5.75 Å². The molecular weight excluding hydrogens is 565 g/mol. The van der Waals surface area contributed by atoms with Gasteiger partial charge in [0.25, 0.3) is 5.91 Å². The van der Waals surface area contributed by atoms with E-state index in [1.807, 2.05) is 61.5 Å². The molecule has 10 heteroatoms. The molecule has 4 aromatic rings. The summed E-state index contributed by atoms with van der Waals surface area (Å²) in [5.41, 5.74) is 3.37. The molecule has 0 fully saturated rings. The van der Waals surface area contributed by atoms with Gasteiger partial charge in [-0.05, 0) is 49.4 Å². The summed E-state index contributed by atoms with van der Waals surface area (Å²) in [7, 11) is 0. The van der Waals surface area contributed by atoms with Gasteiger partial charge < -0.3 is 15.4 Å². The van der Waals surface area contributed by atoms with Crippen molar-refractivity contribution in [2.75, 3.05) is 10.6 Å². The van der Waals surface area contributed by atoms with Gasteiger partial charge in [-0.1, -0.05) is 63.4 Å². The number of amides is 1. The number of nitrogens with one attached hydrogen (secondary N) is 2. The van der Waals surface area contributed by atoms with Gasteiger partial charge in [-0.2, -0.15) is 10.1 Å². The Morgan fingerprint density at radius 2 is 1.94 bits per heavy atom. The molecule has 2 heterocycles. The van der Waals surface area contributed by atoms with Gasteiger partial charge in [0.1, 0.15) is 24.7 Å². The maximum atomic E-state index is 13.6. The largest absolute Gasteiger partial charge is 0.488 e. The van der Waals surface area contributed by atoms with Gasteiger partial charge >= 0.3 is 0 Å². The van der Waals surface area contributed by atoms with Crippen molar-refractivity contribution in [1.82, 2.24) is 14.8 Å². The van der Waals surface area contributed by atoms with E-state index in [1.165, 1.54) is 6.33 Å². The van der Waals surface area contributed by atoms with Crippen LogP contribution in [0.3, 0.4) is 0 Å². The van der Waals surface area contributed by atoms with Gasteiger partial charge in [-0.3, -0.25) is 4.79 Å². The molecule has 7 nitrogen and oxygen atoms in total. The molecule has 0 saturated carbocycles. The van der Waals surface area contributed by atoms with Crippen molar-refractivity contribution in [3.8, 4) is 5.75 Å². The molecule has 1 aliphatic heterocycles. The van der Waals surface area contributed by atoms with E-state index in [4.69, 9.17) is 27.9 Å². The minimum Gasteiger partial charge on any atom is -0.488 e. The normalized spacial score (nSPS) is 14.7. The lowest BCUT2D eigenvalue weighted by Crippen LogP contribution is -2.31. The van der Waals surface area contributed by atoms with Gasteiger partial charge in [-0.15, -0.1) is 0 Å². The quantitative estimate of drug-likeness (QED) is 0.259. The monoisotopic (exact) mass is 583 g/mol. The van der Waals surface area contributed by atoms with Gasteiger partial charge in [-0.25, -0.2) is 4.68 Å². The Kier molecular flexibility index (Phi) is 7.00. The topological polar surface area (TPSA) is 81.1 Å². The number of benzene rings is 3. The molecule has 1 aromatic heterocycles. The maximum Gasteiger partial charge on any atom is 0.255 e. The van der Waals surface area contributed by atoms with E-state index in [9.17, 15) is 4.79 Å². The number of allylic oxidation sites excluding steroid dienone is 1. The number of hydrogen-bond donors (Lipinski definition) is 2. The van der Waals surface area contributed by atoms with Gasteiger partial charge in [0.2, 0.25) is 5.95 Å². The second-order valence-electron chi connectivity index (χ2n) is 8.12. The first-order chi connectivity index (χ1) is 17.4. The number of nitrogens with zero attached hydrogens (tertiary/aromatic N) is 3. The van der Waals surface area contributed by atoms with Gasteiger partial charge in [0.05, 0.1) is 5.57 Å². The number of ether oxygens (including phenoxy) is 1. The number of hydrogen-bond acceptors (Lipinski definition) is 5. The SMILES string of the molecule is CC1=C(C(=O)Nc2ccccc2)C(c2cc(Br)ccc2OCc2ccc(Cl)cc2Cl)n2ncnc2N1. The van der Waals surface area contributed by atoms with Crippen molar-refractivity contribution in [1.29, 1.82) is 0 Å². The second kappa shape index (κ2) is 10.3. The molecule has 0 spiro atoms. The molecule has 1 atom stereocenters. The van der Waals surface area contributed by atoms with E-state index in [2.05, 4.69) is 36.6 Å². The highest BCUT2D eigenvalue weighted by atomic mass is 79.9. The standard InChI is InChI=1S/C26H20BrCl2N5O2/c1-15-23(25(35)33-19-5-3-2-4-6-19)24(34-26(32-15)30-14-31-34)20-11-17(27)8-10-22(20)36-13-16-7-9-18(28)12-21(16)29/h2-12,14,24H,13H2,1H3,(H,33,35)(H,30,31,32). The van der Waals surface area contributed by atoms with Crippen molar-refractivity contribution in [3.05, 3.63) is 110 Å². The molecule has 0 saturated heterocycles. The smallest absolute Gasteiger partial charge is 0.255 e. The Labute approximate surface area is 226 Å². The molecule has 1 unspecified atom stereocenters. The van der Waals surface area contributed by atoms with E-state index in [0.717, 1.165) is 15.6 Å². The lowest BCUT2D eigenvalue weighted by atomic mass is 9.94. The van der Waals surface area contributed by atoms with Gasteiger partial charge in [0, 0.05) is 37.0 Å². The molecule has 1 aliphatic rings. The Balaban J connectivity index is 1.55. The fraction of sp³-hybridized carbons (Fsp3) is 0.115. The van der Waals surface area contributed by atoms with Crippen LogP contribution >= 0.6 is 39.1 Å². The minimum absolute atomic E-state index is 0.216. The Bertz CT molecular complexity index is 1470.